The smallest absolute Gasteiger partial charge is 0.341 e. The van der Waals surface area contributed by atoms with Crippen LogP contribution in [-0.2, 0) is 4.74 Å². The summed E-state index contributed by atoms with van der Waals surface area (Å²) >= 11 is 0. The second-order valence-electron chi connectivity index (χ2n) is 3.81. The molecule has 0 aromatic carbocycles. The van der Waals surface area contributed by atoms with Gasteiger partial charge in [-0.05, 0) is 27.2 Å². The Labute approximate surface area is 96.1 Å². The number of unbranched alkanes of at least 4 members (excludes halogenated alkanes) is 1. The highest BCUT2D eigenvalue weighted by Crippen LogP contribution is 2.11. The molecule has 16 heavy (non-hydrogen) atoms. The molecule has 0 atom stereocenters. The van der Waals surface area contributed by atoms with Gasteiger partial charge in [0.2, 0.25) is 0 Å². The number of hydrogen-bond donors (Lipinski definition) is 0. The summed E-state index contributed by atoms with van der Waals surface area (Å²) in [6.45, 7) is 7.93. The van der Waals surface area contributed by atoms with E-state index in [9.17, 15) is 4.79 Å². The van der Waals surface area contributed by atoms with Gasteiger partial charge < -0.3 is 4.74 Å². The second kappa shape index (κ2) is 5.58. The highest BCUT2D eigenvalue weighted by molar-refractivity contribution is 5.91. The molecule has 0 fully saturated rings. The minimum atomic E-state index is -0.316. The van der Waals surface area contributed by atoms with Gasteiger partial charge in [-0.2, -0.15) is 0 Å². The van der Waals surface area contributed by atoms with Crippen molar-refractivity contribution in [2.45, 2.75) is 40.5 Å². The van der Waals surface area contributed by atoms with Crippen LogP contribution in [0.4, 0.5) is 0 Å². The lowest BCUT2D eigenvalue weighted by Gasteiger charge is -2.09. The van der Waals surface area contributed by atoms with E-state index in [4.69, 9.17) is 4.74 Å². The van der Waals surface area contributed by atoms with Crippen LogP contribution in [0.3, 0.4) is 0 Å². The van der Waals surface area contributed by atoms with E-state index in [0.29, 0.717) is 29.4 Å². The summed E-state index contributed by atoms with van der Waals surface area (Å²) in [6.07, 6.45) is 1.90. The molecule has 4 heteroatoms. The first-order valence-corrected chi connectivity index (χ1v) is 5.55. The van der Waals surface area contributed by atoms with Gasteiger partial charge >= 0.3 is 5.97 Å². The molecule has 0 radical (unpaired) electrons. The lowest BCUT2D eigenvalue weighted by atomic mass is 10.2. The van der Waals surface area contributed by atoms with Crippen LogP contribution in [0.5, 0.6) is 0 Å². The monoisotopic (exact) mass is 222 g/mol. The van der Waals surface area contributed by atoms with Crippen molar-refractivity contribution >= 4 is 5.97 Å². The molecule has 0 bridgehead atoms. The highest BCUT2D eigenvalue weighted by atomic mass is 16.5. The van der Waals surface area contributed by atoms with Crippen LogP contribution in [-0.4, -0.2) is 22.5 Å². The van der Waals surface area contributed by atoms with Gasteiger partial charge in [-0.3, -0.25) is 0 Å². The molecule has 0 saturated carbocycles. The largest absolute Gasteiger partial charge is 0.462 e. The number of esters is 1. The number of carbonyl (C=O) groups excluding carboxylic acids is 1. The van der Waals surface area contributed by atoms with Crippen molar-refractivity contribution in [2.24, 2.45) is 0 Å². The predicted octanol–water partition coefficient (Wildman–Crippen LogP) is 2.36. The Morgan fingerprint density at radius 2 is 1.75 bits per heavy atom. The Balaban J connectivity index is 2.83. The van der Waals surface area contributed by atoms with Crippen LogP contribution in [0.2, 0.25) is 0 Å². The van der Waals surface area contributed by atoms with Gasteiger partial charge in [0, 0.05) is 0 Å². The molecule has 88 valence electrons. The van der Waals surface area contributed by atoms with Gasteiger partial charge in [0.1, 0.15) is 11.4 Å². The third-order valence-electron chi connectivity index (χ3n) is 2.32. The number of ether oxygens (including phenoxy) is 1. The zero-order chi connectivity index (χ0) is 12.1. The summed E-state index contributed by atoms with van der Waals surface area (Å²) in [5.41, 5.74) is 1.87. The standard InChI is InChI=1S/C12H18N2O2/c1-5-6-7-16-12(15)11-8(2)13-10(4)14-9(11)3/h5-7H2,1-4H3. The zero-order valence-electron chi connectivity index (χ0n) is 10.3. The van der Waals surface area contributed by atoms with Crippen molar-refractivity contribution in [1.82, 2.24) is 9.97 Å². The van der Waals surface area contributed by atoms with Crippen molar-refractivity contribution in [3.63, 3.8) is 0 Å². The third-order valence-corrected chi connectivity index (χ3v) is 2.32. The average molecular weight is 222 g/mol. The van der Waals surface area contributed by atoms with E-state index in [1.807, 2.05) is 6.92 Å². The van der Waals surface area contributed by atoms with Crippen molar-refractivity contribution in [2.75, 3.05) is 6.61 Å². The van der Waals surface area contributed by atoms with Gasteiger partial charge in [0.05, 0.1) is 18.0 Å². The topological polar surface area (TPSA) is 52.1 Å². The van der Waals surface area contributed by atoms with Gasteiger partial charge in [0.15, 0.2) is 0 Å². The summed E-state index contributed by atoms with van der Waals surface area (Å²) < 4.78 is 5.15. The first-order chi connectivity index (χ1) is 7.56. The fourth-order valence-electron chi connectivity index (χ4n) is 1.56. The molecule has 0 saturated heterocycles. The molecule has 1 aromatic rings. The van der Waals surface area contributed by atoms with Gasteiger partial charge in [-0.25, -0.2) is 14.8 Å². The minimum absolute atomic E-state index is 0.316. The molecule has 1 heterocycles. The number of aromatic nitrogens is 2. The lowest BCUT2D eigenvalue weighted by molar-refractivity contribution is 0.0497. The van der Waals surface area contributed by atoms with Crippen LogP contribution >= 0.6 is 0 Å². The van der Waals surface area contributed by atoms with E-state index in [-0.39, 0.29) is 5.97 Å². The number of nitrogens with zero attached hydrogens (tertiary/aromatic N) is 2. The van der Waals surface area contributed by atoms with Crippen molar-refractivity contribution in [3.8, 4) is 0 Å². The maximum absolute atomic E-state index is 11.8. The Bertz CT molecular complexity index is 366. The number of aryl methyl sites for hydroxylation is 3. The fourth-order valence-corrected chi connectivity index (χ4v) is 1.56. The SMILES string of the molecule is CCCCOC(=O)c1c(C)nc(C)nc1C. The molecule has 0 amide bonds. The number of carbonyl (C=O) groups is 1. The quantitative estimate of drug-likeness (QED) is 0.579. The van der Waals surface area contributed by atoms with Crippen LogP contribution in [0.15, 0.2) is 0 Å². The summed E-state index contributed by atoms with van der Waals surface area (Å²) in [7, 11) is 0. The number of rotatable bonds is 4. The molecule has 1 aromatic heterocycles. The number of hydrogen-bond acceptors (Lipinski definition) is 4. The molecular formula is C12H18N2O2. The maximum atomic E-state index is 11.8. The Hall–Kier alpha value is -1.45. The first-order valence-electron chi connectivity index (χ1n) is 5.55. The van der Waals surface area contributed by atoms with E-state index >= 15 is 0 Å². The van der Waals surface area contributed by atoms with Crippen LogP contribution in [0.25, 0.3) is 0 Å². The molecule has 0 spiro atoms. The average Bonchev–Trinajstić information content (AvgIpc) is 2.16. The summed E-state index contributed by atoms with van der Waals surface area (Å²) in [6, 6.07) is 0. The van der Waals surface area contributed by atoms with Crippen LogP contribution in [0.1, 0.15) is 47.3 Å². The molecule has 4 nitrogen and oxygen atoms in total. The predicted molar refractivity (Wildman–Crippen MR) is 61.4 cm³/mol. The van der Waals surface area contributed by atoms with Gasteiger partial charge in [-0.1, -0.05) is 13.3 Å². The van der Waals surface area contributed by atoms with Crippen molar-refractivity contribution in [3.05, 3.63) is 22.8 Å². The summed E-state index contributed by atoms with van der Waals surface area (Å²) in [5, 5.41) is 0. The normalized spacial score (nSPS) is 10.2. The molecule has 0 aliphatic rings. The van der Waals surface area contributed by atoms with Crippen molar-refractivity contribution in [1.29, 1.82) is 0 Å². The molecule has 0 aliphatic heterocycles. The Kier molecular flexibility index (Phi) is 4.40. The molecule has 1 rings (SSSR count). The van der Waals surface area contributed by atoms with Crippen LogP contribution < -0.4 is 0 Å². The summed E-state index contributed by atoms with van der Waals surface area (Å²) in [4.78, 5) is 20.1. The molecule has 0 aliphatic carbocycles. The van der Waals surface area contributed by atoms with E-state index < -0.39 is 0 Å². The van der Waals surface area contributed by atoms with E-state index in [0.717, 1.165) is 12.8 Å². The Morgan fingerprint density at radius 3 is 2.25 bits per heavy atom. The van der Waals surface area contributed by atoms with E-state index in [2.05, 4.69) is 16.9 Å². The van der Waals surface area contributed by atoms with Crippen molar-refractivity contribution < 1.29 is 9.53 Å². The second-order valence-corrected chi connectivity index (χ2v) is 3.81. The van der Waals surface area contributed by atoms with E-state index in [1.54, 1.807) is 13.8 Å². The third kappa shape index (κ3) is 3.02. The molecular weight excluding hydrogens is 204 g/mol. The minimum Gasteiger partial charge on any atom is -0.462 e. The Morgan fingerprint density at radius 1 is 1.19 bits per heavy atom. The lowest BCUT2D eigenvalue weighted by Crippen LogP contribution is -2.13. The summed E-state index contributed by atoms with van der Waals surface area (Å²) in [5.74, 6) is 0.364. The van der Waals surface area contributed by atoms with E-state index in [1.165, 1.54) is 0 Å². The van der Waals surface area contributed by atoms with Gasteiger partial charge in [0.25, 0.3) is 0 Å². The van der Waals surface area contributed by atoms with Gasteiger partial charge in [-0.15, -0.1) is 0 Å². The highest BCUT2D eigenvalue weighted by Gasteiger charge is 2.16. The first kappa shape index (κ1) is 12.6. The molecule has 0 unspecified atom stereocenters. The zero-order valence-corrected chi connectivity index (χ0v) is 10.3. The van der Waals surface area contributed by atoms with Crippen LogP contribution in [0, 0.1) is 20.8 Å². The maximum Gasteiger partial charge on any atom is 0.341 e. The fraction of sp³-hybridized carbons (Fsp3) is 0.583. The molecule has 0 N–H and O–H groups in total.